The molecule has 2 aromatic heterocycles. The highest BCUT2D eigenvalue weighted by Crippen LogP contribution is 2.17. The van der Waals surface area contributed by atoms with Crippen molar-refractivity contribution in [3.8, 4) is 0 Å². The highest BCUT2D eigenvalue weighted by atomic mass is 35.5. The third-order valence-electron chi connectivity index (χ3n) is 1.34. The SMILES string of the molecule is Cc1nsc(NC(=O)c2nnc(Cl)s2)n1. The minimum atomic E-state index is -0.379. The van der Waals surface area contributed by atoms with E-state index in [9.17, 15) is 4.79 Å². The van der Waals surface area contributed by atoms with Crippen LogP contribution in [0.3, 0.4) is 0 Å². The van der Waals surface area contributed by atoms with E-state index in [0.29, 0.717) is 11.0 Å². The van der Waals surface area contributed by atoms with Crippen LogP contribution in [0.15, 0.2) is 0 Å². The zero-order valence-electron chi connectivity index (χ0n) is 7.39. The molecular formula is C6H4ClN5OS2. The number of anilines is 1. The van der Waals surface area contributed by atoms with Crippen LogP contribution in [0.2, 0.25) is 4.47 Å². The average Bonchev–Trinajstić information content (AvgIpc) is 2.75. The first-order chi connectivity index (χ1) is 7.15. The largest absolute Gasteiger partial charge is 0.294 e. The predicted octanol–water partition coefficient (Wildman–Crippen LogP) is 1.60. The van der Waals surface area contributed by atoms with E-state index in [1.807, 2.05) is 0 Å². The van der Waals surface area contributed by atoms with E-state index in [0.717, 1.165) is 22.9 Å². The number of nitrogens with zero attached hydrogens (tertiary/aromatic N) is 4. The molecule has 78 valence electrons. The van der Waals surface area contributed by atoms with Crippen LogP contribution in [0.1, 0.15) is 15.6 Å². The maximum absolute atomic E-state index is 11.5. The first-order valence-corrected chi connectivity index (χ1v) is 5.72. The number of carbonyl (C=O) groups is 1. The number of hydrogen-bond acceptors (Lipinski definition) is 7. The number of aryl methyl sites for hydroxylation is 1. The Balaban J connectivity index is 2.10. The highest BCUT2D eigenvalue weighted by Gasteiger charge is 2.13. The molecular weight excluding hydrogens is 258 g/mol. The molecule has 0 fully saturated rings. The van der Waals surface area contributed by atoms with Crippen LogP contribution < -0.4 is 5.32 Å². The second-order valence-electron chi connectivity index (χ2n) is 2.46. The van der Waals surface area contributed by atoms with Gasteiger partial charge in [-0.3, -0.25) is 10.1 Å². The molecule has 6 nitrogen and oxygen atoms in total. The molecule has 9 heteroatoms. The summed E-state index contributed by atoms with van der Waals surface area (Å²) in [5.74, 6) is 0.237. The molecule has 15 heavy (non-hydrogen) atoms. The fourth-order valence-electron chi connectivity index (χ4n) is 0.796. The van der Waals surface area contributed by atoms with Gasteiger partial charge >= 0.3 is 0 Å². The van der Waals surface area contributed by atoms with Crippen LogP contribution in [-0.2, 0) is 0 Å². The smallest absolute Gasteiger partial charge is 0.288 e. The van der Waals surface area contributed by atoms with E-state index in [1.165, 1.54) is 0 Å². The van der Waals surface area contributed by atoms with Crippen molar-refractivity contribution in [2.24, 2.45) is 0 Å². The first-order valence-electron chi connectivity index (χ1n) is 3.76. The van der Waals surface area contributed by atoms with Gasteiger partial charge in [0, 0.05) is 11.5 Å². The highest BCUT2D eigenvalue weighted by molar-refractivity contribution is 7.17. The van der Waals surface area contributed by atoms with Gasteiger partial charge < -0.3 is 0 Å². The van der Waals surface area contributed by atoms with Crippen molar-refractivity contribution in [2.75, 3.05) is 5.32 Å². The van der Waals surface area contributed by atoms with Crippen molar-refractivity contribution in [3.63, 3.8) is 0 Å². The fraction of sp³-hybridized carbons (Fsp3) is 0.167. The lowest BCUT2D eigenvalue weighted by Crippen LogP contribution is -2.11. The molecule has 0 bridgehead atoms. The molecule has 0 aliphatic heterocycles. The summed E-state index contributed by atoms with van der Waals surface area (Å²) in [6, 6.07) is 0. The molecule has 0 unspecified atom stereocenters. The van der Waals surface area contributed by atoms with Crippen LogP contribution in [-0.4, -0.2) is 25.5 Å². The van der Waals surface area contributed by atoms with Gasteiger partial charge in [0.1, 0.15) is 5.82 Å². The van der Waals surface area contributed by atoms with Gasteiger partial charge in [0.05, 0.1) is 0 Å². The maximum atomic E-state index is 11.5. The van der Waals surface area contributed by atoms with E-state index >= 15 is 0 Å². The minimum Gasteiger partial charge on any atom is -0.294 e. The van der Waals surface area contributed by atoms with Crippen LogP contribution in [0.25, 0.3) is 0 Å². The minimum absolute atomic E-state index is 0.202. The van der Waals surface area contributed by atoms with Crippen molar-refractivity contribution >= 4 is 45.5 Å². The Bertz CT molecular complexity index is 495. The summed E-state index contributed by atoms with van der Waals surface area (Å²) < 4.78 is 4.16. The molecule has 1 N–H and O–H groups in total. The summed E-state index contributed by atoms with van der Waals surface area (Å²) in [6.07, 6.45) is 0. The Morgan fingerprint density at radius 2 is 2.27 bits per heavy atom. The number of amides is 1. The molecule has 0 atom stereocenters. The number of rotatable bonds is 2. The zero-order chi connectivity index (χ0) is 10.8. The molecule has 0 radical (unpaired) electrons. The van der Waals surface area contributed by atoms with E-state index in [2.05, 4.69) is 24.9 Å². The maximum Gasteiger partial charge on any atom is 0.288 e. The number of hydrogen-bond donors (Lipinski definition) is 1. The molecule has 0 spiro atoms. The molecule has 2 heterocycles. The third kappa shape index (κ3) is 2.46. The quantitative estimate of drug-likeness (QED) is 0.888. The number of halogens is 1. The Hall–Kier alpha value is -1.12. The Kier molecular flexibility index (Phi) is 2.89. The Morgan fingerprint density at radius 3 is 2.80 bits per heavy atom. The molecule has 2 rings (SSSR count). The van der Waals surface area contributed by atoms with Gasteiger partial charge in [-0.2, -0.15) is 4.37 Å². The molecule has 1 amide bonds. The third-order valence-corrected chi connectivity index (χ3v) is 3.08. The van der Waals surface area contributed by atoms with Crippen molar-refractivity contribution in [2.45, 2.75) is 6.92 Å². The monoisotopic (exact) mass is 261 g/mol. The van der Waals surface area contributed by atoms with Gasteiger partial charge in [0.25, 0.3) is 5.91 Å². The standard InChI is InChI=1S/C6H4ClN5OS2/c1-2-8-6(15-12-2)9-3(13)4-10-11-5(7)14-4/h1H3,(H,8,9,12,13). The van der Waals surface area contributed by atoms with Gasteiger partial charge in [0.2, 0.25) is 14.6 Å². The van der Waals surface area contributed by atoms with Gasteiger partial charge in [-0.25, -0.2) is 4.98 Å². The summed E-state index contributed by atoms with van der Waals surface area (Å²) in [5, 5.41) is 10.3. The average molecular weight is 262 g/mol. The number of aromatic nitrogens is 4. The number of nitrogens with one attached hydrogen (secondary N) is 1. The van der Waals surface area contributed by atoms with Gasteiger partial charge in [-0.05, 0) is 18.5 Å². The van der Waals surface area contributed by atoms with E-state index in [1.54, 1.807) is 6.92 Å². The van der Waals surface area contributed by atoms with E-state index in [4.69, 9.17) is 11.6 Å². The second kappa shape index (κ2) is 4.17. The predicted molar refractivity (Wildman–Crippen MR) is 57.5 cm³/mol. The molecule has 0 saturated heterocycles. The molecule has 0 aromatic carbocycles. The van der Waals surface area contributed by atoms with Gasteiger partial charge in [-0.15, -0.1) is 10.2 Å². The molecule has 0 aliphatic carbocycles. The fourth-order valence-corrected chi connectivity index (χ4v) is 2.09. The van der Waals surface area contributed by atoms with Crippen LogP contribution >= 0.6 is 34.5 Å². The van der Waals surface area contributed by atoms with Crippen molar-refractivity contribution in [3.05, 3.63) is 15.3 Å². The molecule has 0 saturated carbocycles. The van der Waals surface area contributed by atoms with Crippen LogP contribution in [0.5, 0.6) is 0 Å². The van der Waals surface area contributed by atoms with Crippen molar-refractivity contribution < 1.29 is 4.79 Å². The van der Waals surface area contributed by atoms with Crippen LogP contribution in [0.4, 0.5) is 5.13 Å². The van der Waals surface area contributed by atoms with Gasteiger partial charge in [0.15, 0.2) is 0 Å². The lowest BCUT2D eigenvalue weighted by Gasteiger charge is -1.94. The van der Waals surface area contributed by atoms with Crippen LogP contribution in [0, 0.1) is 6.92 Å². The van der Waals surface area contributed by atoms with E-state index < -0.39 is 0 Å². The summed E-state index contributed by atoms with van der Waals surface area (Å²) in [7, 11) is 0. The summed E-state index contributed by atoms with van der Waals surface area (Å²) in [6.45, 7) is 1.74. The van der Waals surface area contributed by atoms with E-state index in [-0.39, 0.29) is 15.4 Å². The second-order valence-corrected chi connectivity index (χ2v) is 4.77. The normalized spacial score (nSPS) is 10.3. The van der Waals surface area contributed by atoms with Crippen molar-refractivity contribution in [1.29, 1.82) is 0 Å². The first kappa shape index (κ1) is 10.4. The lowest BCUT2D eigenvalue weighted by atomic mass is 10.6. The molecule has 0 aliphatic rings. The summed E-state index contributed by atoms with van der Waals surface area (Å²) in [5.41, 5.74) is 0. The lowest BCUT2D eigenvalue weighted by molar-refractivity contribution is 0.102. The zero-order valence-corrected chi connectivity index (χ0v) is 9.78. The van der Waals surface area contributed by atoms with Gasteiger partial charge in [-0.1, -0.05) is 11.3 Å². The molecule has 2 aromatic rings. The Morgan fingerprint density at radius 1 is 1.47 bits per heavy atom. The number of carbonyl (C=O) groups excluding carboxylic acids is 1. The Labute approximate surface area is 97.5 Å². The summed E-state index contributed by atoms with van der Waals surface area (Å²) in [4.78, 5) is 15.5. The summed E-state index contributed by atoms with van der Waals surface area (Å²) >= 11 is 7.67. The topological polar surface area (TPSA) is 80.7 Å². The van der Waals surface area contributed by atoms with Crippen molar-refractivity contribution in [1.82, 2.24) is 19.6 Å².